The molecule has 0 atom stereocenters. The molecule has 1 fully saturated rings. The molecule has 0 unspecified atom stereocenters. The molecule has 1 aliphatic carbocycles. The minimum atomic E-state index is -0.647. The number of para-hydroxylation sites is 1. The van der Waals surface area contributed by atoms with E-state index in [0.717, 1.165) is 37.8 Å². The molecular formula is C15H18N2O. The molecule has 1 amide bonds. The van der Waals surface area contributed by atoms with Gasteiger partial charge < -0.3 is 0 Å². The molecule has 0 aromatic heterocycles. The van der Waals surface area contributed by atoms with E-state index >= 15 is 0 Å². The molecule has 3 heteroatoms. The summed E-state index contributed by atoms with van der Waals surface area (Å²) >= 11 is 0. The number of anilines is 1. The van der Waals surface area contributed by atoms with Crippen molar-refractivity contribution < 1.29 is 4.79 Å². The van der Waals surface area contributed by atoms with Crippen molar-refractivity contribution in [1.82, 2.24) is 0 Å². The number of carbonyl (C=O) groups excluding carboxylic acids is 1. The largest absolute Gasteiger partial charge is 0.293 e. The Kier molecular flexibility index (Phi) is 3.66. The van der Waals surface area contributed by atoms with Crippen LogP contribution in [0.2, 0.25) is 0 Å². The molecule has 1 aliphatic rings. The highest BCUT2D eigenvalue weighted by molar-refractivity contribution is 5.93. The van der Waals surface area contributed by atoms with Crippen LogP contribution < -0.4 is 4.90 Å². The van der Waals surface area contributed by atoms with Crippen LogP contribution in [0.15, 0.2) is 30.3 Å². The minimum absolute atomic E-state index is 0.0512. The Morgan fingerprint density at radius 1 is 1.22 bits per heavy atom. The second kappa shape index (κ2) is 5.22. The van der Waals surface area contributed by atoms with Gasteiger partial charge in [0.25, 0.3) is 0 Å². The summed E-state index contributed by atoms with van der Waals surface area (Å²) in [5, 5.41) is 9.58. The fourth-order valence-electron chi connectivity index (χ4n) is 2.83. The minimum Gasteiger partial charge on any atom is -0.293 e. The van der Waals surface area contributed by atoms with Crippen LogP contribution in [0.3, 0.4) is 0 Å². The van der Waals surface area contributed by atoms with E-state index in [1.54, 1.807) is 11.8 Å². The number of hydrogen-bond donors (Lipinski definition) is 0. The van der Waals surface area contributed by atoms with Crippen molar-refractivity contribution in [2.45, 2.75) is 44.6 Å². The normalized spacial score (nSPS) is 17.8. The predicted octanol–water partition coefficient (Wildman–Crippen LogP) is 3.27. The summed E-state index contributed by atoms with van der Waals surface area (Å²) in [4.78, 5) is 13.7. The molecule has 94 valence electrons. The van der Waals surface area contributed by atoms with E-state index in [2.05, 4.69) is 6.07 Å². The Bertz CT molecular complexity index is 455. The summed E-state index contributed by atoms with van der Waals surface area (Å²) in [7, 11) is 0. The van der Waals surface area contributed by atoms with Gasteiger partial charge in [0.2, 0.25) is 5.91 Å². The molecule has 1 saturated carbocycles. The van der Waals surface area contributed by atoms with Crippen molar-refractivity contribution in [1.29, 1.82) is 5.26 Å². The number of amides is 1. The van der Waals surface area contributed by atoms with Crippen molar-refractivity contribution in [2.75, 3.05) is 4.90 Å². The van der Waals surface area contributed by atoms with E-state index in [9.17, 15) is 10.1 Å². The molecule has 1 aromatic rings. The summed E-state index contributed by atoms with van der Waals surface area (Å²) in [6.45, 7) is 1.54. The molecule has 0 heterocycles. The fourth-order valence-corrected chi connectivity index (χ4v) is 2.83. The molecular weight excluding hydrogens is 224 g/mol. The first-order valence-corrected chi connectivity index (χ1v) is 6.47. The van der Waals surface area contributed by atoms with Crippen LogP contribution in [-0.2, 0) is 4.79 Å². The number of nitrogens with zero attached hydrogens (tertiary/aromatic N) is 2. The van der Waals surface area contributed by atoms with E-state index in [1.165, 1.54) is 0 Å². The van der Waals surface area contributed by atoms with Crippen LogP contribution in [0.1, 0.15) is 39.0 Å². The Hall–Kier alpha value is -1.82. The first kappa shape index (κ1) is 12.6. The summed E-state index contributed by atoms with van der Waals surface area (Å²) < 4.78 is 0. The van der Waals surface area contributed by atoms with Gasteiger partial charge in [-0.1, -0.05) is 37.5 Å². The third kappa shape index (κ3) is 2.24. The highest BCUT2D eigenvalue weighted by atomic mass is 16.2. The Labute approximate surface area is 108 Å². The standard InChI is InChI=1S/C15H18N2O/c1-13(18)17(14-8-4-2-5-9-14)15(12-16)10-6-3-7-11-15/h2,4-5,8-9H,3,6-7,10-11H2,1H3. The lowest BCUT2D eigenvalue weighted by Gasteiger charge is -2.40. The van der Waals surface area contributed by atoms with Gasteiger partial charge in [-0.15, -0.1) is 0 Å². The number of benzene rings is 1. The molecule has 0 spiro atoms. The van der Waals surface area contributed by atoms with Crippen LogP contribution in [0.4, 0.5) is 5.69 Å². The van der Waals surface area contributed by atoms with Gasteiger partial charge in [0.15, 0.2) is 0 Å². The zero-order valence-electron chi connectivity index (χ0n) is 10.7. The fraction of sp³-hybridized carbons (Fsp3) is 0.467. The van der Waals surface area contributed by atoms with Crippen molar-refractivity contribution in [3.63, 3.8) is 0 Å². The number of hydrogen-bond acceptors (Lipinski definition) is 2. The van der Waals surface area contributed by atoms with Gasteiger partial charge in [0, 0.05) is 12.6 Å². The van der Waals surface area contributed by atoms with Crippen LogP contribution in [0.5, 0.6) is 0 Å². The highest BCUT2D eigenvalue weighted by Crippen LogP contribution is 2.36. The van der Waals surface area contributed by atoms with E-state index in [1.807, 2.05) is 30.3 Å². The Balaban J connectivity index is 2.41. The Morgan fingerprint density at radius 2 is 1.83 bits per heavy atom. The van der Waals surface area contributed by atoms with Crippen LogP contribution in [0.25, 0.3) is 0 Å². The lowest BCUT2D eigenvalue weighted by molar-refractivity contribution is -0.117. The summed E-state index contributed by atoms with van der Waals surface area (Å²) in [6.07, 6.45) is 4.74. The SMILES string of the molecule is CC(=O)N(c1ccccc1)C1(C#N)CCCCC1. The molecule has 18 heavy (non-hydrogen) atoms. The van der Waals surface area contributed by atoms with Gasteiger partial charge >= 0.3 is 0 Å². The van der Waals surface area contributed by atoms with Gasteiger partial charge in [-0.05, 0) is 25.0 Å². The Morgan fingerprint density at radius 3 is 2.33 bits per heavy atom. The van der Waals surface area contributed by atoms with E-state index < -0.39 is 5.54 Å². The van der Waals surface area contributed by atoms with Gasteiger partial charge in [-0.25, -0.2) is 0 Å². The summed E-state index contributed by atoms with van der Waals surface area (Å²) in [5.41, 5.74) is 0.180. The third-order valence-corrected chi connectivity index (χ3v) is 3.65. The first-order chi connectivity index (χ1) is 8.69. The number of carbonyl (C=O) groups is 1. The van der Waals surface area contributed by atoms with E-state index in [4.69, 9.17) is 0 Å². The van der Waals surface area contributed by atoms with Crippen molar-refractivity contribution in [3.8, 4) is 6.07 Å². The zero-order valence-corrected chi connectivity index (χ0v) is 10.7. The first-order valence-electron chi connectivity index (χ1n) is 6.47. The summed E-state index contributed by atoms with van der Waals surface area (Å²) in [5.74, 6) is -0.0512. The molecule has 2 rings (SSSR count). The van der Waals surface area contributed by atoms with Crippen molar-refractivity contribution in [2.24, 2.45) is 0 Å². The molecule has 1 aromatic carbocycles. The maximum atomic E-state index is 12.0. The number of rotatable bonds is 2. The smallest absolute Gasteiger partial charge is 0.225 e. The van der Waals surface area contributed by atoms with E-state index in [0.29, 0.717) is 0 Å². The molecule has 0 bridgehead atoms. The van der Waals surface area contributed by atoms with Crippen LogP contribution in [-0.4, -0.2) is 11.4 Å². The maximum Gasteiger partial charge on any atom is 0.225 e. The summed E-state index contributed by atoms with van der Waals surface area (Å²) in [6, 6.07) is 11.9. The van der Waals surface area contributed by atoms with E-state index in [-0.39, 0.29) is 5.91 Å². The van der Waals surface area contributed by atoms with Gasteiger partial charge in [0.05, 0.1) is 6.07 Å². The zero-order chi connectivity index (χ0) is 13.0. The average molecular weight is 242 g/mol. The third-order valence-electron chi connectivity index (χ3n) is 3.65. The molecule has 0 saturated heterocycles. The lowest BCUT2D eigenvalue weighted by atomic mass is 9.81. The maximum absolute atomic E-state index is 12.0. The molecule has 0 radical (unpaired) electrons. The monoisotopic (exact) mass is 242 g/mol. The van der Waals surface area contributed by atoms with Crippen molar-refractivity contribution >= 4 is 11.6 Å². The molecule has 0 N–H and O–H groups in total. The second-order valence-electron chi connectivity index (χ2n) is 4.89. The average Bonchev–Trinajstić information content (AvgIpc) is 2.41. The lowest BCUT2D eigenvalue weighted by Crippen LogP contribution is -2.51. The second-order valence-corrected chi connectivity index (χ2v) is 4.89. The van der Waals surface area contributed by atoms with Gasteiger partial charge in [-0.3, -0.25) is 9.69 Å². The van der Waals surface area contributed by atoms with Crippen molar-refractivity contribution in [3.05, 3.63) is 30.3 Å². The quantitative estimate of drug-likeness (QED) is 0.799. The molecule has 3 nitrogen and oxygen atoms in total. The van der Waals surface area contributed by atoms with Gasteiger partial charge in [-0.2, -0.15) is 5.26 Å². The molecule has 0 aliphatic heterocycles. The van der Waals surface area contributed by atoms with Crippen LogP contribution in [0, 0.1) is 11.3 Å². The topological polar surface area (TPSA) is 44.1 Å². The van der Waals surface area contributed by atoms with Crippen LogP contribution >= 0.6 is 0 Å². The number of nitriles is 1. The predicted molar refractivity (Wildman–Crippen MR) is 71.0 cm³/mol. The highest BCUT2D eigenvalue weighted by Gasteiger charge is 2.40. The van der Waals surface area contributed by atoms with Gasteiger partial charge in [0.1, 0.15) is 5.54 Å².